The average molecular weight is 241 g/mol. The van der Waals surface area contributed by atoms with Crippen molar-refractivity contribution < 1.29 is 14.6 Å². The zero-order valence-corrected chi connectivity index (χ0v) is 10.8. The van der Waals surface area contributed by atoms with Crippen LogP contribution >= 0.6 is 0 Å². The average Bonchev–Trinajstić information content (AvgIpc) is 2.68. The van der Waals surface area contributed by atoms with Crippen molar-refractivity contribution in [3.8, 4) is 0 Å². The third kappa shape index (κ3) is 2.80. The fourth-order valence-electron chi connectivity index (χ4n) is 3.24. The maximum absolute atomic E-state index is 11.5. The van der Waals surface area contributed by atoms with Crippen molar-refractivity contribution >= 4 is 5.97 Å². The molecule has 0 amide bonds. The number of rotatable bonds is 3. The summed E-state index contributed by atoms with van der Waals surface area (Å²) in [4.78, 5) is 13.6. The van der Waals surface area contributed by atoms with Gasteiger partial charge in [0.2, 0.25) is 0 Å². The van der Waals surface area contributed by atoms with Gasteiger partial charge in [-0.1, -0.05) is 13.8 Å². The first-order valence-corrected chi connectivity index (χ1v) is 6.55. The van der Waals surface area contributed by atoms with Gasteiger partial charge in [-0.15, -0.1) is 0 Å². The molecule has 4 heteroatoms. The molecule has 2 aliphatic heterocycles. The quantitative estimate of drug-likeness (QED) is 0.815. The van der Waals surface area contributed by atoms with Gasteiger partial charge in [0.1, 0.15) is 6.04 Å². The fraction of sp³-hybridized carbons (Fsp3) is 0.923. The molecule has 1 N–H and O–H groups in total. The van der Waals surface area contributed by atoms with Crippen LogP contribution in [0.2, 0.25) is 0 Å². The van der Waals surface area contributed by atoms with Crippen molar-refractivity contribution in [2.24, 2.45) is 11.3 Å². The van der Waals surface area contributed by atoms with Crippen LogP contribution in [0.1, 0.15) is 33.1 Å². The molecule has 2 heterocycles. The molecule has 2 fully saturated rings. The summed E-state index contributed by atoms with van der Waals surface area (Å²) in [6.45, 7) is 7.56. The van der Waals surface area contributed by atoms with Crippen LogP contribution in [0.3, 0.4) is 0 Å². The number of carboxylic acid groups (broad SMARTS) is 1. The van der Waals surface area contributed by atoms with Gasteiger partial charge in [-0.3, -0.25) is 9.69 Å². The van der Waals surface area contributed by atoms with Crippen LogP contribution < -0.4 is 0 Å². The lowest BCUT2D eigenvalue weighted by Gasteiger charge is -2.44. The van der Waals surface area contributed by atoms with Crippen LogP contribution in [-0.4, -0.2) is 48.3 Å². The Labute approximate surface area is 103 Å². The summed E-state index contributed by atoms with van der Waals surface area (Å²) in [5.74, 6) is -0.153. The second kappa shape index (κ2) is 4.94. The van der Waals surface area contributed by atoms with E-state index in [4.69, 9.17) is 4.74 Å². The Morgan fingerprint density at radius 1 is 1.53 bits per heavy atom. The molecule has 2 saturated heterocycles. The summed E-state index contributed by atoms with van der Waals surface area (Å²) in [5, 5.41) is 9.45. The number of piperidine rings is 1. The highest BCUT2D eigenvalue weighted by Crippen LogP contribution is 2.36. The Hall–Kier alpha value is -0.610. The minimum atomic E-state index is -0.673. The molecule has 0 aromatic carbocycles. The Bertz CT molecular complexity index is 284. The lowest BCUT2D eigenvalue weighted by molar-refractivity contribution is -0.151. The number of carbonyl (C=O) groups is 1. The Balaban J connectivity index is 2.04. The fourth-order valence-corrected chi connectivity index (χ4v) is 3.24. The monoisotopic (exact) mass is 241 g/mol. The number of aliphatic carboxylic acids is 1. The first-order chi connectivity index (χ1) is 8.00. The van der Waals surface area contributed by atoms with E-state index in [1.807, 2.05) is 0 Å². The number of hydrogen-bond acceptors (Lipinski definition) is 3. The lowest BCUT2D eigenvalue weighted by atomic mass is 9.76. The minimum absolute atomic E-state index is 0.121. The van der Waals surface area contributed by atoms with Crippen molar-refractivity contribution in [3.63, 3.8) is 0 Å². The van der Waals surface area contributed by atoms with E-state index >= 15 is 0 Å². The summed E-state index contributed by atoms with van der Waals surface area (Å²) >= 11 is 0. The summed E-state index contributed by atoms with van der Waals surface area (Å²) in [5.41, 5.74) is -0.121. The zero-order valence-electron chi connectivity index (χ0n) is 10.8. The second-order valence-electron chi connectivity index (χ2n) is 6.06. The van der Waals surface area contributed by atoms with Gasteiger partial charge in [-0.2, -0.15) is 0 Å². The van der Waals surface area contributed by atoms with E-state index in [0.29, 0.717) is 5.92 Å². The second-order valence-corrected chi connectivity index (χ2v) is 6.06. The van der Waals surface area contributed by atoms with Gasteiger partial charge >= 0.3 is 5.97 Å². The van der Waals surface area contributed by atoms with Crippen LogP contribution in [-0.2, 0) is 9.53 Å². The third-order valence-corrected chi connectivity index (χ3v) is 4.12. The number of ether oxygens (including phenoxy) is 1. The summed E-state index contributed by atoms with van der Waals surface area (Å²) in [6, 6.07) is -0.336. The van der Waals surface area contributed by atoms with Crippen LogP contribution in [0.5, 0.6) is 0 Å². The van der Waals surface area contributed by atoms with Crippen LogP contribution in [0.15, 0.2) is 0 Å². The SMILES string of the molecule is CC1(C)CCCN(CC2CCOC2)C1C(=O)O. The number of hydrogen-bond donors (Lipinski definition) is 1. The topological polar surface area (TPSA) is 49.8 Å². The van der Waals surface area contributed by atoms with Gasteiger partial charge in [0, 0.05) is 13.2 Å². The van der Waals surface area contributed by atoms with Crippen LogP contribution in [0.4, 0.5) is 0 Å². The maximum atomic E-state index is 11.5. The summed E-state index contributed by atoms with van der Waals surface area (Å²) in [7, 11) is 0. The molecule has 2 atom stereocenters. The highest BCUT2D eigenvalue weighted by molar-refractivity contribution is 5.74. The molecular formula is C13H23NO3. The molecule has 2 rings (SSSR count). The molecule has 98 valence electrons. The van der Waals surface area contributed by atoms with E-state index in [-0.39, 0.29) is 11.5 Å². The smallest absolute Gasteiger partial charge is 0.321 e. The van der Waals surface area contributed by atoms with Gasteiger partial charge in [0.05, 0.1) is 6.61 Å². The molecule has 0 aromatic heterocycles. The number of likely N-dealkylation sites (tertiary alicyclic amines) is 1. The van der Waals surface area contributed by atoms with Gasteiger partial charge in [-0.05, 0) is 37.1 Å². The van der Waals surface area contributed by atoms with Crippen molar-refractivity contribution in [2.45, 2.75) is 39.2 Å². The molecule has 0 radical (unpaired) electrons. The molecule has 17 heavy (non-hydrogen) atoms. The molecule has 4 nitrogen and oxygen atoms in total. The van der Waals surface area contributed by atoms with E-state index < -0.39 is 5.97 Å². The van der Waals surface area contributed by atoms with E-state index in [2.05, 4.69) is 18.7 Å². The Morgan fingerprint density at radius 3 is 2.88 bits per heavy atom. The normalized spacial score (nSPS) is 33.8. The standard InChI is InChI=1S/C13H23NO3/c1-13(2)5-3-6-14(11(13)12(15)16)8-10-4-7-17-9-10/h10-11H,3-9H2,1-2H3,(H,15,16). The largest absolute Gasteiger partial charge is 0.480 e. The maximum Gasteiger partial charge on any atom is 0.321 e. The molecule has 0 spiro atoms. The predicted octanol–water partition coefficient (Wildman–Crippen LogP) is 1.60. The van der Waals surface area contributed by atoms with Crippen molar-refractivity contribution in [2.75, 3.05) is 26.3 Å². The lowest BCUT2D eigenvalue weighted by Crippen LogP contribution is -2.55. The van der Waals surface area contributed by atoms with E-state index in [0.717, 1.165) is 45.6 Å². The van der Waals surface area contributed by atoms with Gasteiger partial charge in [0.15, 0.2) is 0 Å². The Kier molecular flexibility index (Phi) is 3.73. The first kappa shape index (κ1) is 12.8. The molecule has 0 saturated carbocycles. The Morgan fingerprint density at radius 2 is 2.29 bits per heavy atom. The summed E-state index contributed by atoms with van der Waals surface area (Å²) < 4.78 is 5.37. The third-order valence-electron chi connectivity index (χ3n) is 4.12. The molecule has 0 aromatic rings. The molecule has 0 bridgehead atoms. The van der Waals surface area contributed by atoms with E-state index in [1.165, 1.54) is 0 Å². The molecule has 2 aliphatic rings. The van der Waals surface area contributed by atoms with Gasteiger partial charge < -0.3 is 9.84 Å². The van der Waals surface area contributed by atoms with E-state index in [9.17, 15) is 9.90 Å². The highest BCUT2D eigenvalue weighted by Gasteiger charge is 2.43. The molecular weight excluding hydrogens is 218 g/mol. The van der Waals surface area contributed by atoms with Crippen molar-refractivity contribution in [3.05, 3.63) is 0 Å². The van der Waals surface area contributed by atoms with Gasteiger partial charge in [-0.25, -0.2) is 0 Å². The van der Waals surface area contributed by atoms with E-state index in [1.54, 1.807) is 0 Å². The molecule has 2 unspecified atom stereocenters. The number of carboxylic acids is 1. The summed E-state index contributed by atoms with van der Waals surface area (Å²) in [6.07, 6.45) is 3.18. The minimum Gasteiger partial charge on any atom is -0.480 e. The van der Waals surface area contributed by atoms with Crippen molar-refractivity contribution in [1.29, 1.82) is 0 Å². The van der Waals surface area contributed by atoms with Gasteiger partial charge in [0.25, 0.3) is 0 Å². The van der Waals surface area contributed by atoms with Crippen LogP contribution in [0.25, 0.3) is 0 Å². The molecule has 0 aliphatic carbocycles. The number of nitrogens with zero attached hydrogens (tertiary/aromatic N) is 1. The highest BCUT2D eigenvalue weighted by atomic mass is 16.5. The van der Waals surface area contributed by atoms with Crippen LogP contribution in [0, 0.1) is 11.3 Å². The first-order valence-electron chi connectivity index (χ1n) is 6.55. The zero-order chi connectivity index (χ0) is 12.5. The van der Waals surface area contributed by atoms with Crippen molar-refractivity contribution in [1.82, 2.24) is 4.90 Å². The predicted molar refractivity (Wildman–Crippen MR) is 64.9 cm³/mol.